The van der Waals surface area contributed by atoms with E-state index in [-0.39, 0.29) is 18.0 Å². The van der Waals surface area contributed by atoms with Crippen molar-refractivity contribution in [3.05, 3.63) is 74.8 Å². The largest absolute Gasteiger partial charge is 0.371 e. The van der Waals surface area contributed by atoms with Crippen molar-refractivity contribution in [3.8, 4) is 11.1 Å². The minimum Gasteiger partial charge on any atom is -0.371 e. The van der Waals surface area contributed by atoms with E-state index in [0.29, 0.717) is 11.1 Å². The fourth-order valence-electron chi connectivity index (χ4n) is 5.27. The Bertz CT molecular complexity index is 1330. The number of piperazine rings is 1. The lowest BCUT2D eigenvalue weighted by Gasteiger charge is -2.28. The van der Waals surface area contributed by atoms with Gasteiger partial charge in [-0.05, 0) is 74.2 Å². The van der Waals surface area contributed by atoms with Crippen molar-refractivity contribution in [2.45, 2.75) is 33.7 Å². The van der Waals surface area contributed by atoms with Crippen LogP contribution in [0.15, 0.2) is 41.3 Å². The second kappa shape index (κ2) is 10.1. The van der Waals surface area contributed by atoms with Crippen molar-refractivity contribution in [2.24, 2.45) is 0 Å². The molecule has 1 fully saturated rings. The van der Waals surface area contributed by atoms with Crippen LogP contribution in [0.2, 0.25) is 0 Å². The maximum atomic E-state index is 13.4. The summed E-state index contributed by atoms with van der Waals surface area (Å²) >= 11 is 0. The summed E-state index contributed by atoms with van der Waals surface area (Å²) in [6.45, 7) is 11.7. The summed E-state index contributed by atoms with van der Waals surface area (Å²) in [6, 6.07) is 10.2. The van der Waals surface area contributed by atoms with Crippen LogP contribution in [0.3, 0.4) is 0 Å². The molecule has 4 heterocycles. The molecule has 36 heavy (non-hydrogen) atoms. The molecule has 8 heteroatoms. The topological polar surface area (TPSA) is 93.4 Å². The lowest BCUT2D eigenvalue weighted by atomic mass is 9.97. The van der Waals surface area contributed by atoms with Crippen LogP contribution in [0.1, 0.15) is 39.7 Å². The van der Waals surface area contributed by atoms with Crippen molar-refractivity contribution >= 4 is 17.4 Å². The molecule has 3 aromatic rings. The summed E-state index contributed by atoms with van der Waals surface area (Å²) in [6.07, 6.45) is 2.73. The molecular formula is C28H34N6O2. The summed E-state index contributed by atoms with van der Waals surface area (Å²) in [5.41, 5.74) is 6.93. The van der Waals surface area contributed by atoms with Gasteiger partial charge in [0.1, 0.15) is 5.82 Å². The summed E-state index contributed by atoms with van der Waals surface area (Å²) in [4.78, 5) is 38.0. The fourth-order valence-corrected chi connectivity index (χ4v) is 5.27. The van der Waals surface area contributed by atoms with Crippen LogP contribution in [0.5, 0.6) is 0 Å². The number of nitrogens with zero attached hydrogens (tertiary/aromatic N) is 3. The van der Waals surface area contributed by atoms with Crippen molar-refractivity contribution < 1.29 is 4.79 Å². The molecule has 0 spiro atoms. The number of carbonyl (C=O) groups is 1. The van der Waals surface area contributed by atoms with Gasteiger partial charge in [0.2, 0.25) is 0 Å². The van der Waals surface area contributed by atoms with Gasteiger partial charge in [-0.2, -0.15) is 0 Å². The van der Waals surface area contributed by atoms with E-state index in [4.69, 9.17) is 4.98 Å². The molecule has 5 rings (SSSR count). The average molecular weight is 487 g/mol. The monoisotopic (exact) mass is 486 g/mol. The predicted molar refractivity (Wildman–Crippen MR) is 144 cm³/mol. The zero-order valence-electron chi connectivity index (χ0n) is 21.3. The SMILES string of the molecule is CCN1CCc2c(C(=O)NCc3c(C)cc(C)[nH]c3=O)cc(-c3ccc(N4CCNCC4)nc3)cc21. The first-order valence-electron chi connectivity index (χ1n) is 12.8. The van der Waals surface area contributed by atoms with Crippen molar-refractivity contribution in [2.75, 3.05) is 49.1 Å². The van der Waals surface area contributed by atoms with Crippen LogP contribution in [-0.2, 0) is 13.0 Å². The van der Waals surface area contributed by atoms with Gasteiger partial charge in [-0.1, -0.05) is 0 Å². The molecule has 3 N–H and O–H groups in total. The number of hydrogen-bond donors (Lipinski definition) is 3. The number of nitrogens with one attached hydrogen (secondary N) is 3. The van der Waals surface area contributed by atoms with Crippen LogP contribution >= 0.6 is 0 Å². The quantitative estimate of drug-likeness (QED) is 0.496. The van der Waals surface area contributed by atoms with Gasteiger partial charge in [-0.3, -0.25) is 9.59 Å². The summed E-state index contributed by atoms with van der Waals surface area (Å²) in [5.74, 6) is 0.823. The number of likely N-dealkylation sites (N-methyl/N-ethyl adjacent to an activating group) is 1. The molecule has 1 saturated heterocycles. The first-order chi connectivity index (χ1) is 17.4. The molecule has 2 aliphatic rings. The third-order valence-corrected chi connectivity index (χ3v) is 7.27. The van der Waals surface area contributed by atoms with E-state index in [1.54, 1.807) is 0 Å². The van der Waals surface area contributed by atoms with E-state index in [2.05, 4.69) is 50.5 Å². The standard InChI is InChI=1S/C28H34N6O2/c1-4-33-10-7-22-23(27(35)31-17-24-18(2)13-19(3)32-28(24)36)14-21(15-25(22)33)20-5-6-26(30-16-20)34-11-8-29-9-12-34/h5-6,13-16,29H,4,7-12,17H2,1-3H3,(H,31,35)(H,32,36). The number of carbonyl (C=O) groups excluding carboxylic acids is 1. The number of benzene rings is 1. The number of fused-ring (bicyclic) bond motifs is 1. The molecular weight excluding hydrogens is 452 g/mol. The Balaban J connectivity index is 1.44. The molecule has 0 aliphatic carbocycles. The van der Waals surface area contributed by atoms with E-state index < -0.39 is 0 Å². The number of anilines is 2. The van der Waals surface area contributed by atoms with Gasteiger partial charge in [0, 0.05) is 80.1 Å². The first kappa shape index (κ1) is 24.1. The summed E-state index contributed by atoms with van der Waals surface area (Å²) in [5, 5.41) is 6.37. The number of aromatic amines is 1. The zero-order valence-corrected chi connectivity index (χ0v) is 21.3. The Morgan fingerprint density at radius 3 is 2.58 bits per heavy atom. The van der Waals surface area contributed by atoms with Crippen LogP contribution < -0.4 is 26.0 Å². The van der Waals surface area contributed by atoms with Crippen LogP contribution in [-0.4, -0.2) is 55.1 Å². The van der Waals surface area contributed by atoms with Crippen LogP contribution in [0, 0.1) is 13.8 Å². The number of rotatable bonds is 6. The number of aryl methyl sites for hydroxylation is 2. The van der Waals surface area contributed by atoms with Crippen LogP contribution in [0.25, 0.3) is 11.1 Å². The number of amides is 1. The highest BCUT2D eigenvalue weighted by molar-refractivity contribution is 5.99. The van der Waals surface area contributed by atoms with Gasteiger partial charge >= 0.3 is 0 Å². The lowest BCUT2D eigenvalue weighted by molar-refractivity contribution is 0.0950. The second-order valence-corrected chi connectivity index (χ2v) is 9.62. The molecule has 0 saturated carbocycles. The van der Waals surface area contributed by atoms with Crippen molar-refractivity contribution in [3.63, 3.8) is 0 Å². The van der Waals surface area contributed by atoms with Gasteiger partial charge in [0.15, 0.2) is 0 Å². The van der Waals surface area contributed by atoms with E-state index >= 15 is 0 Å². The highest BCUT2D eigenvalue weighted by Gasteiger charge is 2.25. The molecule has 188 valence electrons. The predicted octanol–water partition coefficient (Wildman–Crippen LogP) is 2.78. The summed E-state index contributed by atoms with van der Waals surface area (Å²) < 4.78 is 0. The molecule has 0 atom stereocenters. The minimum atomic E-state index is -0.157. The molecule has 0 radical (unpaired) electrons. The van der Waals surface area contributed by atoms with E-state index in [1.807, 2.05) is 32.2 Å². The van der Waals surface area contributed by atoms with Crippen molar-refractivity contribution in [1.82, 2.24) is 20.6 Å². The van der Waals surface area contributed by atoms with Crippen molar-refractivity contribution in [1.29, 1.82) is 0 Å². The number of H-pyrrole nitrogens is 1. The molecule has 2 aliphatic heterocycles. The third-order valence-electron chi connectivity index (χ3n) is 7.27. The van der Waals surface area contributed by atoms with E-state index in [1.165, 1.54) is 0 Å². The normalized spacial score (nSPS) is 15.2. The van der Waals surface area contributed by atoms with Gasteiger partial charge in [-0.15, -0.1) is 0 Å². The molecule has 1 amide bonds. The maximum absolute atomic E-state index is 13.4. The Labute approximate surface area is 211 Å². The Morgan fingerprint density at radius 2 is 1.89 bits per heavy atom. The second-order valence-electron chi connectivity index (χ2n) is 9.62. The molecule has 0 bridgehead atoms. The summed E-state index contributed by atoms with van der Waals surface area (Å²) in [7, 11) is 0. The van der Waals surface area contributed by atoms with E-state index in [0.717, 1.165) is 85.1 Å². The van der Waals surface area contributed by atoms with Gasteiger partial charge in [0.25, 0.3) is 11.5 Å². The number of pyridine rings is 2. The Kier molecular flexibility index (Phi) is 6.78. The van der Waals surface area contributed by atoms with Gasteiger partial charge < -0.3 is 25.4 Å². The number of hydrogen-bond acceptors (Lipinski definition) is 6. The molecule has 2 aromatic heterocycles. The smallest absolute Gasteiger partial charge is 0.253 e. The Hall–Kier alpha value is -3.65. The van der Waals surface area contributed by atoms with Gasteiger partial charge in [0.05, 0.1) is 0 Å². The lowest BCUT2D eigenvalue weighted by Crippen LogP contribution is -2.43. The number of aromatic nitrogens is 2. The highest BCUT2D eigenvalue weighted by Crippen LogP contribution is 2.36. The maximum Gasteiger partial charge on any atom is 0.253 e. The molecule has 1 aromatic carbocycles. The Morgan fingerprint density at radius 1 is 1.08 bits per heavy atom. The molecule has 0 unspecified atom stereocenters. The first-order valence-corrected chi connectivity index (χ1v) is 12.8. The van der Waals surface area contributed by atoms with E-state index in [9.17, 15) is 9.59 Å². The minimum absolute atomic E-state index is 0.153. The van der Waals surface area contributed by atoms with Gasteiger partial charge in [-0.25, -0.2) is 4.98 Å². The third kappa shape index (κ3) is 4.73. The molecule has 8 nitrogen and oxygen atoms in total. The zero-order chi connectivity index (χ0) is 25.2. The fraction of sp³-hybridized carbons (Fsp3) is 0.393. The van der Waals surface area contributed by atoms with Crippen LogP contribution in [0.4, 0.5) is 11.5 Å². The highest BCUT2D eigenvalue weighted by atomic mass is 16.1. The average Bonchev–Trinajstić information content (AvgIpc) is 3.31.